The van der Waals surface area contributed by atoms with Gasteiger partial charge in [0.15, 0.2) is 6.29 Å². The smallest absolute Gasteiger partial charge is 0.397 e. The van der Waals surface area contributed by atoms with E-state index in [1.165, 1.54) is 0 Å². The summed E-state index contributed by atoms with van der Waals surface area (Å²) in [4.78, 5) is 12.1. The third kappa shape index (κ3) is 20.1. The molecule has 46 heavy (non-hydrogen) atoms. The van der Waals surface area contributed by atoms with Crippen molar-refractivity contribution >= 4 is 16.4 Å². The number of allylic oxidation sites excluding steroid dienone is 10. The van der Waals surface area contributed by atoms with Crippen LogP contribution in [0.5, 0.6) is 0 Å². The summed E-state index contributed by atoms with van der Waals surface area (Å²) >= 11 is 0. The zero-order chi connectivity index (χ0) is 34.0. The highest BCUT2D eigenvalue weighted by molar-refractivity contribution is 7.80. The summed E-state index contributed by atoms with van der Waals surface area (Å²) in [6.45, 7) is 3.31. The van der Waals surface area contributed by atoms with Gasteiger partial charge in [-0.3, -0.25) is 9.35 Å². The topological polar surface area (TPSA) is 178 Å². The molecular weight excluding hydrogens is 620 g/mol. The number of aliphatic hydroxyl groups is 3. The van der Waals surface area contributed by atoms with Crippen molar-refractivity contribution in [1.82, 2.24) is 0 Å². The number of carbonyl (C=O) groups excluding carboxylic acids is 1. The minimum Gasteiger partial charge on any atom is -0.457 e. The maximum absolute atomic E-state index is 12.1. The quantitative estimate of drug-likeness (QED) is 0.0468. The van der Waals surface area contributed by atoms with Gasteiger partial charge >= 0.3 is 16.4 Å². The van der Waals surface area contributed by atoms with Crippen LogP contribution < -0.4 is 0 Å². The van der Waals surface area contributed by atoms with Gasteiger partial charge in [0.25, 0.3) is 0 Å². The van der Waals surface area contributed by atoms with E-state index in [-0.39, 0.29) is 19.6 Å². The molecule has 4 N–H and O–H groups in total. The molecule has 1 saturated heterocycles. The Kier molecular flexibility index (Phi) is 23.5. The molecule has 1 aliphatic heterocycles. The van der Waals surface area contributed by atoms with Crippen LogP contribution in [0.15, 0.2) is 60.8 Å². The first-order valence-electron chi connectivity index (χ1n) is 16.0. The lowest BCUT2D eigenvalue weighted by molar-refractivity contribution is -0.301. The average molecular weight is 675 g/mol. The molecule has 1 fully saturated rings. The van der Waals surface area contributed by atoms with E-state index in [4.69, 9.17) is 23.5 Å². The summed E-state index contributed by atoms with van der Waals surface area (Å²) in [7, 11) is -5.05. The fourth-order valence-electron chi connectivity index (χ4n) is 4.26. The first-order chi connectivity index (χ1) is 22.1. The number of hydrogen-bond donors (Lipinski definition) is 4. The summed E-state index contributed by atoms with van der Waals surface area (Å²) in [5.74, 6) is -0.473. The van der Waals surface area contributed by atoms with Crippen LogP contribution in [0.3, 0.4) is 0 Å². The van der Waals surface area contributed by atoms with Crippen LogP contribution in [-0.4, -0.2) is 97.5 Å². The number of aliphatic hydroxyl groups excluding tert-OH is 3. The van der Waals surface area contributed by atoms with Crippen molar-refractivity contribution in [2.75, 3.05) is 26.4 Å². The minimum absolute atomic E-state index is 0.00303. The molecule has 0 aromatic heterocycles. The SMILES string of the molecule is CC/C=C\C/C=C\C/C=C\C/C=C\C/C=C\CCCCOCC(COC1OC(CO)C(O)C(OS(=O)(=O)O)C1O)OC(=O)CCC. The molecule has 0 aromatic rings. The van der Waals surface area contributed by atoms with Gasteiger partial charge in [-0.05, 0) is 57.8 Å². The maximum Gasteiger partial charge on any atom is 0.397 e. The molecule has 0 spiro atoms. The first kappa shape index (κ1) is 41.8. The second-order valence-electron chi connectivity index (χ2n) is 10.7. The normalized spacial score (nSPS) is 23.5. The van der Waals surface area contributed by atoms with Gasteiger partial charge in [-0.2, -0.15) is 8.42 Å². The zero-order valence-corrected chi connectivity index (χ0v) is 27.9. The highest BCUT2D eigenvalue weighted by Crippen LogP contribution is 2.25. The van der Waals surface area contributed by atoms with E-state index >= 15 is 0 Å². The third-order valence-electron chi connectivity index (χ3n) is 6.62. The molecule has 0 radical (unpaired) electrons. The van der Waals surface area contributed by atoms with Gasteiger partial charge < -0.3 is 34.3 Å². The zero-order valence-electron chi connectivity index (χ0n) is 27.1. The molecule has 0 aliphatic carbocycles. The van der Waals surface area contributed by atoms with Crippen molar-refractivity contribution in [3.05, 3.63) is 60.8 Å². The summed E-state index contributed by atoms with van der Waals surface area (Å²) in [6.07, 6.45) is 20.4. The Morgan fingerprint density at radius 3 is 1.98 bits per heavy atom. The van der Waals surface area contributed by atoms with Crippen LogP contribution in [0.4, 0.5) is 0 Å². The van der Waals surface area contributed by atoms with Crippen LogP contribution in [0.25, 0.3) is 0 Å². The number of carbonyl (C=O) groups is 1. The lowest BCUT2D eigenvalue weighted by atomic mass is 9.99. The molecule has 6 atom stereocenters. The van der Waals surface area contributed by atoms with E-state index in [0.717, 1.165) is 51.4 Å². The van der Waals surface area contributed by atoms with Gasteiger partial charge in [-0.25, -0.2) is 4.18 Å². The number of hydrogen-bond acceptors (Lipinski definition) is 11. The number of esters is 1. The maximum atomic E-state index is 12.1. The standard InChI is InChI=1S/C33H54O12S/c1-3-5-6-7-8-9-10-11-12-13-14-15-16-17-18-19-20-21-23-41-25-27(43-29(35)22-4-2)26-42-33-31(37)32(45-46(38,39)40)30(36)28(24-34)44-33/h5-6,8-9,11-12,14-15,17-18,27-28,30-34,36-37H,3-4,7,10,13,16,19-26H2,1-2H3,(H,38,39,40)/b6-5-,9-8-,12-11-,15-14-,18-17-. The molecule has 264 valence electrons. The van der Waals surface area contributed by atoms with Crippen molar-refractivity contribution in [2.24, 2.45) is 0 Å². The summed E-state index contributed by atoms with van der Waals surface area (Å²) in [5.41, 5.74) is 0. The lowest BCUT2D eigenvalue weighted by Crippen LogP contribution is -2.60. The van der Waals surface area contributed by atoms with Crippen molar-refractivity contribution < 1.29 is 56.2 Å². The second kappa shape index (κ2) is 25.8. The van der Waals surface area contributed by atoms with Gasteiger partial charge in [-0.1, -0.05) is 74.6 Å². The Balaban J connectivity index is 2.38. The molecule has 12 nitrogen and oxygen atoms in total. The first-order valence-corrected chi connectivity index (χ1v) is 17.4. The number of rotatable bonds is 25. The van der Waals surface area contributed by atoms with Crippen LogP contribution in [0.2, 0.25) is 0 Å². The van der Waals surface area contributed by atoms with Gasteiger partial charge in [0.1, 0.15) is 30.5 Å². The Morgan fingerprint density at radius 1 is 0.848 bits per heavy atom. The van der Waals surface area contributed by atoms with E-state index in [2.05, 4.69) is 71.9 Å². The van der Waals surface area contributed by atoms with E-state index in [1.54, 1.807) is 0 Å². The number of ether oxygens (including phenoxy) is 4. The minimum atomic E-state index is -5.05. The molecule has 0 aromatic carbocycles. The summed E-state index contributed by atoms with van der Waals surface area (Å²) < 4.78 is 57.7. The van der Waals surface area contributed by atoms with E-state index < -0.39 is 59.8 Å². The summed E-state index contributed by atoms with van der Waals surface area (Å²) in [5, 5.41) is 30.1. The third-order valence-corrected chi connectivity index (χ3v) is 7.09. The van der Waals surface area contributed by atoms with E-state index in [1.807, 2.05) is 6.92 Å². The Bertz CT molecular complexity index is 1050. The largest absolute Gasteiger partial charge is 0.457 e. The molecule has 0 saturated carbocycles. The predicted molar refractivity (Wildman–Crippen MR) is 174 cm³/mol. The molecule has 13 heteroatoms. The van der Waals surface area contributed by atoms with Gasteiger partial charge in [0.2, 0.25) is 0 Å². The van der Waals surface area contributed by atoms with Gasteiger partial charge in [0, 0.05) is 13.0 Å². The Morgan fingerprint density at radius 2 is 1.43 bits per heavy atom. The van der Waals surface area contributed by atoms with Crippen LogP contribution in [0.1, 0.15) is 78.1 Å². The molecule has 1 aliphatic rings. The second-order valence-corrected chi connectivity index (χ2v) is 11.7. The summed E-state index contributed by atoms with van der Waals surface area (Å²) in [6, 6.07) is 0. The lowest BCUT2D eigenvalue weighted by Gasteiger charge is -2.41. The Hall–Kier alpha value is -2.20. The van der Waals surface area contributed by atoms with E-state index in [9.17, 15) is 28.5 Å². The molecule has 6 unspecified atom stereocenters. The predicted octanol–water partition coefficient (Wildman–Crippen LogP) is 4.28. The highest BCUT2D eigenvalue weighted by atomic mass is 32.3. The molecule has 1 heterocycles. The van der Waals surface area contributed by atoms with Gasteiger partial charge in [0.05, 0.1) is 19.8 Å². The Labute approximate surface area is 274 Å². The number of unbranched alkanes of at least 4 members (excludes halogenated alkanes) is 2. The fourth-order valence-corrected chi connectivity index (χ4v) is 4.77. The molecule has 1 rings (SSSR count). The van der Waals surface area contributed by atoms with Crippen LogP contribution >= 0.6 is 0 Å². The van der Waals surface area contributed by atoms with Crippen molar-refractivity contribution in [2.45, 2.75) is 115 Å². The average Bonchev–Trinajstić information content (AvgIpc) is 3.01. The van der Waals surface area contributed by atoms with Crippen molar-refractivity contribution in [3.63, 3.8) is 0 Å². The monoisotopic (exact) mass is 674 g/mol. The molecule has 0 bridgehead atoms. The highest BCUT2D eigenvalue weighted by Gasteiger charge is 2.48. The van der Waals surface area contributed by atoms with E-state index in [0.29, 0.717) is 13.0 Å². The molecular formula is C33H54O12S. The van der Waals surface area contributed by atoms with Crippen molar-refractivity contribution in [3.8, 4) is 0 Å². The van der Waals surface area contributed by atoms with Crippen molar-refractivity contribution in [1.29, 1.82) is 0 Å². The fraction of sp³-hybridized carbons (Fsp3) is 0.667. The van der Waals surface area contributed by atoms with Crippen LogP contribution in [0, 0.1) is 0 Å². The van der Waals surface area contributed by atoms with Gasteiger partial charge in [-0.15, -0.1) is 0 Å². The molecule has 0 amide bonds. The van der Waals surface area contributed by atoms with Crippen LogP contribution in [-0.2, 0) is 38.3 Å².